The molecule has 2 aromatic heterocycles. The number of thiazole rings is 1. The molecule has 2 saturated heterocycles. The number of nitrogens with one attached hydrogen (secondary N) is 1. The molecule has 32 heavy (non-hydrogen) atoms. The Bertz CT molecular complexity index is 958. The first-order chi connectivity index (χ1) is 15.6. The second kappa shape index (κ2) is 9.39. The number of piperidine rings is 2. The minimum absolute atomic E-state index is 0.00759. The number of hydrogen-bond donors (Lipinski definition) is 1. The van der Waals surface area contributed by atoms with E-state index in [2.05, 4.69) is 25.1 Å². The van der Waals surface area contributed by atoms with E-state index in [0.29, 0.717) is 10.9 Å². The van der Waals surface area contributed by atoms with Gasteiger partial charge < -0.3 is 10.2 Å². The summed E-state index contributed by atoms with van der Waals surface area (Å²) in [4.78, 5) is 26.1. The lowest BCUT2D eigenvalue weighted by Gasteiger charge is -2.42. The lowest BCUT2D eigenvalue weighted by Crippen LogP contribution is -2.48. The Morgan fingerprint density at radius 2 is 1.88 bits per heavy atom. The van der Waals surface area contributed by atoms with Crippen LogP contribution in [0.5, 0.6) is 0 Å². The highest BCUT2D eigenvalue weighted by Gasteiger charge is 2.36. The molecule has 0 spiro atoms. The molecule has 1 aliphatic carbocycles. The maximum Gasteiger partial charge on any atom is 0.263 e. The van der Waals surface area contributed by atoms with Gasteiger partial charge in [-0.1, -0.05) is 11.3 Å². The number of rotatable bonds is 6. The molecule has 6 nitrogen and oxygen atoms in total. The van der Waals surface area contributed by atoms with Crippen molar-refractivity contribution in [2.45, 2.75) is 51.1 Å². The van der Waals surface area contributed by atoms with Gasteiger partial charge >= 0.3 is 0 Å². The number of anilines is 1. The number of pyridine rings is 1. The van der Waals surface area contributed by atoms with Crippen molar-refractivity contribution in [2.24, 2.45) is 11.8 Å². The summed E-state index contributed by atoms with van der Waals surface area (Å²) >= 11 is 1.35. The Kier molecular flexibility index (Phi) is 6.37. The molecule has 5 rings (SSSR count). The summed E-state index contributed by atoms with van der Waals surface area (Å²) in [7, 11) is 0. The Morgan fingerprint density at radius 3 is 2.62 bits per heavy atom. The summed E-state index contributed by atoms with van der Waals surface area (Å²) in [5.41, 5.74) is 0.00759. The van der Waals surface area contributed by atoms with E-state index in [9.17, 15) is 13.6 Å². The number of aromatic nitrogens is 2. The van der Waals surface area contributed by atoms with E-state index < -0.39 is 11.6 Å². The van der Waals surface area contributed by atoms with Crippen LogP contribution in [0.1, 0.15) is 53.9 Å². The van der Waals surface area contributed by atoms with Crippen molar-refractivity contribution >= 4 is 22.4 Å². The monoisotopic (exact) mass is 461 g/mol. The molecule has 0 radical (unpaired) electrons. The van der Waals surface area contributed by atoms with Crippen LogP contribution in [-0.4, -0.2) is 53.0 Å². The number of carbonyl (C=O) groups excluding carboxylic acids is 1. The Labute approximate surface area is 191 Å². The Morgan fingerprint density at radius 1 is 1.06 bits per heavy atom. The largest absolute Gasteiger partial charge is 0.348 e. The molecule has 1 amide bonds. The topological polar surface area (TPSA) is 61.4 Å². The van der Waals surface area contributed by atoms with E-state index in [-0.39, 0.29) is 18.1 Å². The molecule has 3 fully saturated rings. The molecule has 0 bridgehead atoms. The predicted molar refractivity (Wildman–Crippen MR) is 120 cm³/mol. The Hall–Kier alpha value is -2.13. The molecule has 3 aliphatic rings. The van der Waals surface area contributed by atoms with Gasteiger partial charge in [0.05, 0.1) is 24.6 Å². The minimum Gasteiger partial charge on any atom is -0.348 e. The highest BCUT2D eigenvalue weighted by molar-refractivity contribution is 7.17. The van der Waals surface area contributed by atoms with Gasteiger partial charge in [0.2, 0.25) is 0 Å². The number of halogens is 2. The van der Waals surface area contributed by atoms with Gasteiger partial charge in [-0.3, -0.25) is 14.7 Å². The van der Waals surface area contributed by atoms with E-state index in [1.165, 1.54) is 50.1 Å². The van der Waals surface area contributed by atoms with Crippen LogP contribution in [0.15, 0.2) is 18.5 Å². The molecule has 2 aromatic rings. The SMILES string of the molecule is O=C(NCc1ncc(F)cc1F)c1cnc(N2CCC(N3CCCC(C4CC4)C3)CC2)s1. The molecule has 9 heteroatoms. The third-order valence-corrected chi connectivity index (χ3v) is 8.10. The average Bonchev–Trinajstić information content (AvgIpc) is 3.55. The zero-order valence-electron chi connectivity index (χ0n) is 18.1. The van der Waals surface area contributed by atoms with Gasteiger partial charge in [-0.25, -0.2) is 13.8 Å². The molecule has 4 heterocycles. The number of likely N-dealkylation sites (tertiary alicyclic amines) is 1. The highest BCUT2D eigenvalue weighted by atomic mass is 32.1. The fourth-order valence-corrected chi connectivity index (χ4v) is 5.97. The third-order valence-electron chi connectivity index (χ3n) is 7.05. The number of amides is 1. The highest BCUT2D eigenvalue weighted by Crippen LogP contribution is 2.41. The van der Waals surface area contributed by atoms with E-state index in [0.717, 1.165) is 55.2 Å². The fourth-order valence-electron chi connectivity index (χ4n) is 5.09. The fraction of sp³-hybridized carbons (Fsp3) is 0.609. The van der Waals surface area contributed by atoms with Crippen molar-refractivity contribution in [2.75, 3.05) is 31.1 Å². The maximum absolute atomic E-state index is 13.7. The second-order valence-electron chi connectivity index (χ2n) is 9.22. The molecule has 0 aromatic carbocycles. The molecule has 1 atom stereocenters. The zero-order valence-corrected chi connectivity index (χ0v) is 18.9. The molecule has 1 N–H and O–H groups in total. The van der Waals surface area contributed by atoms with Crippen molar-refractivity contribution < 1.29 is 13.6 Å². The summed E-state index contributed by atoms with van der Waals surface area (Å²) in [6, 6.07) is 1.42. The molecule has 172 valence electrons. The summed E-state index contributed by atoms with van der Waals surface area (Å²) in [5.74, 6) is 0.0777. The van der Waals surface area contributed by atoms with E-state index in [4.69, 9.17) is 0 Å². The van der Waals surface area contributed by atoms with Crippen LogP contribution in [-0.2, 0) is 6.54 Å². The smallest absolute Gasteiger partial charge is 0.263 e. The Balaban J connectivity index is 1.12. The van der Waals surface area contributed by atoms with E-state index >= 15 is 0 Å². The first kappa shape index (κ1) is 21.7. The average molecular weight is 462 g/mol. The van der Waals surface area contributed by atoms with Crippen molar-refractivity contribution in [3.63, 3.8) is 0 Å². The van der Waals surface area contributed by atoms with Crippen molar-refractivity contribution in [1.29, 1.82) is 0 Å². The van der Waals surface area contributed by atoms with Crippen molar-refractivity contribution in [3.8, 4) is 0 Å². The van der Waals surface area contributed by atoms with Gasteiger partial charge in [-0.2, -0.15) is 0 Å². The summed E-state index contributed by atoms with van der Waals surface area (Å²) in [5, 5.41) is 3.50. The van der Waals surface area contributed by atoms with Crippen LogP contribution in [0.4, 0.5) is 13.9 Å². The number of nitrogens with zero attached hydrogens (tertiary/aromatic N) is 4. The lowest BCUT2D eigenvalue weighted by atomic mass is 9.91. The molecular weight excluding hydrogens is 432 g/mol. The van der Waals surface area contributed by atoms with Gasteiger partial charge in [0.25, 0.3) is 5.91 Å². The number of carbonyl (C=O) groups is 1. The summed E-state index contributed by atoms with van der Waals surface area (Å²) < 4.78 is 26.7. The van der Waals surface area contributed by atoms with Crippen LogP contribution in [0.2, 0.25) is 0 Å². The number of hydrogen-bond acceptors (Lipinski definition) is 6. The van der Waals surface area contributed by atoms with E-state index in [1.807, 2.05) is 0 Å². The van der Waals surface area contributed by atoms with Crippen LogP contribution in [0.3, 0.4) is 0 Å². The molecular formula is C23H29F2N5OS. The van der Waals surface area contributed by atoms with Crippen LogP contribution >= 0.6 is 11.3 Å². The van der Waals surface area contributed by atoms with Crippen molar-refractivity contribution in [1.82, 2.24) is 20.2 Å². The first-order valence-corrected chi connectivity index (χ1v) is 12.4. The first-order valence-electron chi connectivity index (χ1n) is 11.6. The quantitative estimate of drug-likeness (QED) is 0.708. The normalized spacial score (nSPS) is 22.8. The van der Waals surface area contributed by atoms with Gasteiger partial charge in [0, 0.05) is 31.7 Å². The van der Waals surface area contributed by atoms with Gasteiger partial charge in [-0.15, -0.1) is 0 Å². The summed E-state index contributed by atoms with van der Waals surface area (Å²) in [6.45, 7) is 4.32. The minimum atomic E-state index is -0.768. The zero-order chi connectivity index (χ0) is 22.1. The van der Waals surface area contributed by atoms with Gasteiger partial charge in [0.15, 0.2) is 5.13 Å². The van der Waals surface area contributed by atoms with Gasteiger partial charge in [0.1, 0.15) is 16.5 Å². The van der Waals surface area contributed by atoms with Crippen LogP contribution < -0.4 is 10.2 Å². The van der Waals surface area contributed by atoms with Gasteiger partial charge in [-0.05, 0) is 56.9 Å². The molecule has 1 unspecified atom stereocenters. The molecule has 2 aliphatic heterocycles. The standard InChI is InChI=1S/C23H29F2N5OS/c24-17-10-19(25)20(26-11-17)12-27-22(31)21-13-28-23(32-21)29-8-5-18(6-9-29)30-7-1-2-16(14-30)15-3-4-15/h10-11,13,15-16,18H,1-9,12,14H2,(H,27,31). The predicted octanol–water partition coefficient (Wildman–Crippen LogP) is 3.84. The van der Waals surface area contributed by atoms with Crippen molar-refractivity contribution in [3.05, 3.63) is 40.7 Å². The lowest BCUT2D eigenvalue weighted by molar-refractivity contribution is 0.0954. The summed E-state index contributed by atoms with van der Waals surface area (Å²) in [6.07, 6.45) is 10.4. The van der Waals surface area contributed by atoms with E-state index in [1.54, 1.807) is 6.20 Å². The molecule has 1 saturated carbocycles. The van der Waals surface area contributed by atoms with Crippen LogP contribution in [0.25, 0.3) is 0 Å². The second-order valence-corrected chi connectivity index (χ2v) is 10.2. The van der Waals surface area contributed by atoms with Crippen LogP contribution in [0, 0.1) is 23.5 Å². The maximum atomic E-state index is 13.7. The third kappa shape index (κ3) is 4.93.